The van der Waals surface area contributed by atoms with Gasteiger partial charge in [0.1, 0.15) is 6.10 Å². The number of nitrogens with zero attached hydrogens (tertiary/aromatic N) is 2. The van der Waals surface area contributed by atoms with E-state index in [9.17, 15) is 14.4 Å². The lowest BCUT2D eigenvalue weighted by Gasteiger charge is -2.27. The number of ether oxygens (including phenoxy) is 2. The molecule has 0 aromatic heterocycles. The molecule has 9 heteroatoms. The van der Waals surface area contributed by atoms with E-state index in [1.165, 1.54) is 7.11 Å². The van der Waals surface area contributed by atoms with E-state index in [4.69, 9.17) is 10.5 Å². The SMILES string of the molecule is COC(=O)CCCN(C)C(=O)CCN1CC2C[C@@H](OC(=O)Nc3ccccc3-c3ccccc3)CC2(CN)C1. The molecule has 2 aliphatic rings. The summed E-state index contributed by atoms with van der Waals surface area (Å²) in [6.45, 7) is 3.36. The van der Waals surface area contributed by atoms with Gasteiger partial charge in [-0.15, -0.1) is 0 Å². The number of methoxy groups -OCH3 is 1. The van der Waals surface area contributed by atoms with Crippen molar-refractivity contribution in [1.29, 1.82) is 0 Å². The average Bonchev–Trinajstić information content (AvgIpc) is 3.45. The fourth-order valence-corrected chi connectivity index (χ4v) is 6.01. The summed E-state index contributed by atoms with van der Waals surface area (Å²) in [5.41, 5.74) is 8.84. The number of carbonyl (C=O) groups is 3. The topological polar surface area (TPSA) is 114 Å². The number of nitrogens with one attached hydrogen (secondary N) is 1. The fourth-order valence-electron chi connectivity index (χ4n) is 6.01. The lowest BCUT2D eigenvalue weighted by atomic mass is 9.81. The molecule has 1 aliphatic carbocycles. The molecule has 210 valence electrons. The van der Waals surface area contributed by atoms with Gasteiger partial charge < -0.3 is 25.0 Å². The van der Waals surface area contributed by atoms with Gasteiger partial charge in [0.2, 0.25) is 5.91 Å². The monoisotopic (exact) mass is 536 g/mol. The van der Waals surface area contributed by atoms with Crippen molar-refractivity contribution >= 4 is 23.7 Å². The quantitative estimate of drug-likeness (QED) is 0.421. The molecule has 1 aliphatic heterocycles. The molecule has 2 amide bonds. The van der Waals surface area contributed by atoms with Crippen LogP contribution in [0.4, 0.5) is 10.5 Å². The summed E-state index contributed by atoms with van der Waals surface area (Å²) in [6.07, 6.45) is 2.17. The highest BCUT2D eigenvalue weighted by Gasteiger charge is 2.53. The van der Waals surface area contributed by atoms with Gasteiger partial charge in [0, 0.05) is 57.0 Å². The number of esters is 1. The molecule has 1 saturated heterocycles. The lowest BCUT2D eigenvalue weighted by Crippen LogP contribution is -2.37. The van der Waals surface area contributed by atoms with Gasteiger partial charge in [-0.25, -0.2) is 4.79 Å². The molecule has 0 bridgehead atoms. The fraction of sp³-hybridized carbons (Fsp3) is 0.500. The number of nitrogens with two attached hydrogens (primary N) is 1. The summed E-state index contributed by atoms with van der Waals surface area (Å²) in [5, 5.41) is 2.94. The van der Waals surface area contributed by atoms with Crippen LogP contribution in [-0.4, -0.2) is 80.8 Å². The number of hydrogen-bond acceptors (Lipinski definition) is 7. The van der Waals surface area contributed by atoms with E-state index < -0.39 is 6.09 Å². The smallest absolute Gasteiger partial charge is 0.411 e. The normalized spacial score (nSPS) is 22.2. The minimum atomic E-state index is -0.451. The van der Waals surface area contributed by atoms with Crippen LogP contribution in [0.2, 0.25) is 0 Å². The number of amides is 2. The summed E-state index contributed by atoms with van der Waals surface area (Å²) >= 11 is 0. The van der Waals surface area contributed by atoms with Gasteiger partial charge in [0.05, 0.1) is 12.8 Å². The van der Waals surface area contributed by atoms with Crippen LogP contribution in [0.25, 0.3) is 11.1 Å². The Morgan fingerprint density at radius 1 is 1.10 bits per heavy atom. The predicted octanol–water partition coefficient (Wildman–Crippen LogP) is 3.74. The molecule has 1 heterocycles. The Balaban J connectivity index is 1.25. The summed E-state index contributed by atoms with van der Waals surface area (Å²) in [7, 11) is 3.14. The van der Waals surface area contributed by atoms with Crippen molar-refractivity contribution < 1.29 is 23.9 Å². The first-order valence-electron chi connectivity index (χ1n) is 13.7. The third-order valence-corrected chi connectivity index (χ3v) is 8.16. The maximum Gasteiger partial charge on any atom is 0.411 e. The van der Waals surface area contributed by atoms with E-state index in [0.717, 1.165) is 37.1 Å². The zero-order chi connectivity index (χ0) is 27.8. The Hall–Kier alpha value is -3.43. The lowest BCUT2D eigenvalue weighted by molar-refractivity contribution is -0.141. The van der Waals surface area contributed by atoms with Gasteiger partial charge in [-0.05, 0) is 43.4 Å². The first-order chi connectivity index (χ1) is 18.8. The minimum Gasteiger partial charge on any atom is -0.469 e. The highest BCUT2D eigenvalue weighted by Crippen LogP contribution is 2.49. The minimum absolute atomic E-state index is 0.0624. The Morgan fingerprint density at radius 2 is 1.85 bits per heavy atom. The van der Waals surface area contributed by atoms with Crippen LogP contribution >= 0.6 is 0 Å². The van der Waals surface area contributed by atoms with E-state index in [1.54, 1.807) is 11.9 Å². The molecule has 2 aromatic rings. The largest absolute Gasteiger partial charge is 0.469 e. The Kier molecular flexibility index (Phi) is 9.59. The van der Waals surface area contributed by atoms with Crippen LogP contribution in [-0.2, 0) is 19.1 Å². The summed E-state index contributed by atoms with van der Waals surface area (Å²) in [5.74, 6) is 0.125. The van der Waals surface area contributed by atoms with Gasteiger partial charge in [-0.1, -0.05) is 48.5 Å². The van der Waals surface area contributed by atoms with Crippen LogP contribution in [0.5, 0.6) is 0 Å². The molecule has 0 radical (unpaired) electrons. The number of benzene rings is 2. The van der Waals surface area contributed by atoms with E-state index in [0.29, 0.717) is 50.5 Å². The van der Waals surface area contributed by atoms with Crippen molar-refractivity contribution in [1.82, 2.24) is 9.80 Å². The Morgan fingerprint density at radius 3 is 2.56 bits per heavy atom. The van der Waals surface area contributed by atoms with Gasteiger partial charge >= 0.3 is 12.1 Å². The van der Waals surface area contributed by atoms with Crippen molar-refractivity contribution in [3.8, 4) is 11.1 Å². The standard InChI is InChI=1S/C30H40N4O5/c1-33(15-8-13-28(36)38-2)27(35)14-16-34-19-23-17-24(18-30(23,20-31)21-34)39-29(37)32-26-12-7-6-11-25(26)22-9-4-3-5-10-22/h3-7,9-12,23-24H,8,13-21,31H2,1-2H3,(H,32,37)/t23?,24-,30?/m1/s1. The van der Waals surface area contributed by atoms with Gasteiger partial charge in [-0.2, -0.15) is 0 Å². The maximum absolute atomic E-state index is 12.9. The second-order valence-electron chi connectivity index (χ2n) is 10.7. The van der Waals surface area contributed by atoms with E-state index in [1.807, 2.05) is 54.6 Å². The van der Waals surface area contributed by atoms with Crippen molar-refractivity contribution in [2.75, 3.05) is 52.2 Å². The molecule has 39 heavy (non-hydrogen) atoms. The first kappa shape index (κ1) is 28.6. The predicted molar refractivity (Wildman–Crippen MR) is 150 cm³/mol. The Labute approximate surface area is 230 Å². The molecule has 2 unspecified atom stereocenters. The van der Waals surface area contributed by atoms with E-state index >= 15 is 0 Å². The average molecular weight is 537 g/mol. The van der Waals surface area contributed by atoms with Crippen LogP contribution in [0.15, 0.2) is 54.6 Å². The molecule has 2 fully saturated rings. The molecular weight excluding hydrogens is 496 g/mol. The van der Waals surface area contributed by atoms with Crippen molar-refractivity contribution in [2.24, 2.45) is 17.1 Å². The zero-order valence-corrected chi connectivity index (χ0v) is 22.9. The molecule has 9 nitrogen and oxygen atoms in total. The highest BCUT2D eigenvalue weighted by molar-refractivity contribution is 5.91. The maximum atomic E-state index is 12.9. The Bertz CT molecular complexity index is 1140. The van der Waals surface area contributed by atoms with E-state index in [-0.39, 0.29) is 23.4 Å². The molecule has 2 aromatic carbocycles. The summed E-state index contributed by atoms with van der Waals surface area (Å²) in [6, 6.07) is 17.6. The van der Waals surface area contributed by atoms with Crippen LogP contribution in [0, 0.1) is 11.3 Å². The molecule has 3 atom stereocenters. The van der Waals surface area contributed by atoms with Crippen molar-refractivity contribution in [3.05, 3.63) is 54.6 Å². The number of anilines is 1. The molecule has 1 saturated carbocycles. The number of fused-ring (bicyclic) bond motifs is 1. The molecule has 3 N–H and O–H groups in total. The third kappa shape index (κ3) is 7.16. The summed E-state index contributed by atoms with van der Waals surface area (Å²) < 4.78 is 10.5. The number of rotatable bonds is 11. The first-order valence-corrected chi connectivity index (χ1v) is 13.7. The second kappa shape index (κ2) is 13.1. The molecule has 0 spiro atoms. The van der Waals surface area contributed by atoms with Crippen LogP contribution in [0.1, 0.15) is 32.1 Å². The number of likely N-dealkylation sites (tertiary alicyclic amines) is 1. The van der Waals surface area contributed by atoms with Crippen LogP contribution < -0.4 is 11.1 Å². The number of carbonyl (C=O) groups excluding carboxylic acids is 3. The highest BCUT2D eigenvalue weighted by atomic mass is 16.6. The van der Waals surface area contributed by atoms with Gasteiger partial charge in [0.25, 0.3) is 0 Å². The van der Waals surface area contributed by atoms with Crippen molar-refractivity contribution in [3.63, 3.8) is 0 Å². The zero-order valence-electron chi connectivity index (χ0n) is 22.9. The number of hydrogen-bond donors (Lipinski definition) is 2. The van der Waals surface area contributed by atoms with Gasteiger partial charge in [-0.3, -0.25) is 14.9 Å². The molecule has 4 rings (SSSR count). The third-order valence-electron chi connectivity index (χ3n) is 8.16. The van der Waals surface area contributed by atoms with Crippen molar-refractivity contribution in [2.45, 2.75) is 38.2 Å². The second-order valence-corrected chi connectivity index (χ2v) is 10.7. The number of para-hydroxylation sites is 1. The molecular formula is C30H40N4O5. The van der Waals surface area contributed by atoms with Gasteiger partial charge in [0.15, 0.2) is 0 Å². The summed E-state index contributed by atoms with van der Waals surface area (Å²) in [4.78, 5) is 40.7. The van der Waals surface area contributed by atoms with Crippen LogP contribution in [0.3, 0.4) is 0 Å². The van der Waals surface area contributed by atoms with E-state index in [2.05, 4.69) is 15.0 Å².